The molecule has 4 nitrogen and oxygen atoms in total. The van der Waals surface area contributed by atoms with Gasteiger partial charge in [-0.25, -0.2) is 9.97 Å². The van der Waals surface area contributed by atoms with E-state index in [1.807, 2.05) is 18.5 Å². The van der Waals surface area contributed by atoms with Crippen LogP contribution in [0.15, 0.2) is 42.7 Å². The molecule has 0 amide bonds. The summed E-state index contributed by atoms with van der Waals surface area (Å²) in [6.07, 6.45) is 7.48. The van der Waals surface area contributed by atoms with Crippen molar-refractivity contribution in [1.82, 2.24) is 9.97 Å². The molecule has 2 aromatic rings. The Morgan fingerprint density at radius 1 is 0.955 bits per heavy atom. The van der Waals surface area contributed by atoms with Crippen molar-refractivity contribution in [3.8, 4) is 0 Å². The third kappa shape index (κ3) is 2.71. The fourth-order valence-corrected chi connectivity index (χ4v) is 3.90. The molecular weight excluding hydrogens is 272 g/mol. The van der Waals surface area contributed by atoms with Gasteiger partial charge in [0, 0.05) is 25.2 Å². The number of quaternary nitrogens is 1. The summed E-state index contributed by atoms with van der Waals surface area (Å²) in [6, 6.07) is 11.6. The number of aromatic nitrogens is 2. The number of rotatable bonds is 2. The van der Waals surface area contributed by atoms with Crippen molar-refractivity contribution in [3.05, 3.63) is 53.9 Å². The predicted molar refractivity (Wildman–Crippen MR) is 87.2 cm³/mol. The summed E-state index contributed by atoms with van der Waals surface area (Å²) >= 11 is 0. The van der Waals surface area contributed by atoms with E-state index in [4.69, 9.17) is 0 Å². The first-order valence-electron chi connectivity index (χ1n) is 8.33. The molecule has 0 saturated carbocycles. The zero-order valence-electron chi connectivity index (χ0n) is 12.9. The van der Waals surface area contributed by atoms with Crippen LogP contribution in [0.1, 0.15) is 17.5 Å². The molecule has 1 N–H and O–H groups in total. The summed E-state index contributed by atoms with van der Waals surface area (Å²) in [7, 11) is 0. The van der Waals surface area contributed by atoms with Crippen LogP contribution in [-0.4, -0.2) is 42.2 Å². The lowest BCUT2D eigenvalue weighted by Gasteiger charge is -2.38. The fraction of sp³-hybridized carbons (Fsp3) is 0.444. The van der Waals surface area contributed by atoms with E-state index in [0.29, 0.717) is 0 Å². The van der Waals surface area contributed by atoms with Crippen molar-refractivity contribution in [2.24, 2.45) is 0 Å². The second kappa shape index (κ2) is 6.05. The van der Waals surface area contributed by atoms with Gasteiger partial charge in [0.2, 0.25) is 5.95 Å². The van der Waals surface area contributed by atoms with Gasteiger partial charge in [-0.05, 0) is 23.6 Å². The highest BCUT2D eigenvalue weighted by molar-refractivity contribution is 5.30. The van der Waals surface area contributed by atoms with Gasteiger partial charge in [-0.2, -0.15) is 0 Å². The molecule has 1 aromatic heterocycles. The number of hydrogen-bond donors (Lipinski definition) is 1. The second-order valence-electron chi connectivity index (χ2n) is 6.40. The van der Waals surface area contributed by atoms with Crippen LogP contribution in [0.3, 0.4) is 0 Å². The summed E-state index contributed by atoms with van der Waals surface area (Å²) in [6.45, 7) is 4.53. The summed E-state index contributed by atoms with van der Waals surface area (Å²) in [4.78, 5) is 12.8. The van der Waals surface area contributed by atoms with E-state index in [9.17, 15) is 0 Å². The molecule has 1 atom stereocenters. The van der Waals surface area contributed by atoms with E-state index in [-0.39, 0.29) is 0 Å². The highest BCUT2D eigenvalue weighted by Crippen LogP contribution is 2.20. The molecule has 1 aliphatic carbocycles. The Morgan fingerprint density at radius 2 is 1.68 bits per heavy atom. The van der Waals surface area contributed by atoms with Gasteiger partial charge in [0.1, 0.15) is 0 Å². The number of nitrogens with zero attached hydrogens (tertiary/aromatic N) is 3. The summed E-state index contributed by atoms with van der Waals surface area (Å²) in [5, 5.41) is 0. The molecule has 22 heavy (non-hydrogen) atoms. The van der Waals surface area contributed by atoms with Crippen LogP contribution in [0.2, 0.25) is 0 Å². The molecule has 1 aromatic carbocycles. The molecule has 114 valence electrons. The standard InChI is InChI=1S/C18H22N4/c1-2-5-16-14-17(7-6-15(16)4-1)21-10-12-22(13-11-21)18-19-8-3-9-20-18/h1-5,8-9,17H,6-7,10-14H2/p+1/t17-/m1/s1. The van der Waals surface area contributed by atoms with E-state index in [0.717, 1.165) is 25.1 Å². The van der Waals surface area contributed by atoms with Gasteiger partial charge in [-0.15, -0.1) is 0 Å². The third-order valence-corrected chi connectivity index (χ3v) is 5.16. The van der Waals surface area contributed by atoms with E-state index in [1.54, 1.807) is 16.0 Å². The first kappa shape index (κ1) is 13.7. The lowest BCUT2D eigenvalue weighted by atomic mass is 9.87. The largest absolute Gasteiger partial charge is 0.330 e. The number of fused-ring (bicyclic) bond motifs is 1. The molecule has 0 bridgehead atoms. The lowest BCUT2D eigenvalue weighted by molar-refractivity contribution is -0.926. The van der Waals surface area contributed by atoms with Gasteiger partial charge in [0.25, 0.3) is 0 Å². The lowest BCUT2D eigenvalue weighted by Crippen LogP contribution is -3.18. The first-order chi connectivity index (χ1) is 10.9. The highest BCUT2D eigenvalue weighted by atomic mass is 15.3. The third-order valence-electron chi connectivity index (χ3n) is 5.16. The van der Waals surface area contributed by atoms with Crippen molar-refractivity contribution in [2.75, 3.05) is 31.1 Å². The molecular formula is C18H23N4+. The van der Waals surface area contributed by atoms with E-state index in [1.165, 1.54) is 32.4 Å². The van der Waals surface area contributed by atoms with Gasteiger partial charge in [-0.3, -0.25) is 0 Å². The maximum absolute atomic E-state index is 4.38. The van der Waals surface area contributed by atoms with Crippen LogP contribution < -0.4 is 9.80 Å². The zero-order valence-corrected chi connectivity index (χ0v) is 12.9. The summed E-state index contributed by atoms with van der Waals surface area (Å²) in [5.74, 6) is 0.885. The smallest absolute Gasteiger partial charge is 0.225 e. The second-order valence-corrected chi connectivity index (χ2v) is 6.40. The number of aryl methyl sites for hydroxylation is 1. The molecule has 2 heterocycles. The van der Waals surface area contributed by atoms with E-state index >= 15 is 0 Å². The number of nitrogens with one attached hydrogen (secondary N) is 1. The molecule has 0 unspecified atom stereocenters. The Kier molecular flexibility index (Phi) is 3.77. The Bertz CT molecular complexity index is 620. The molecule has 1 fully saturated rings. The maximum Gasteiger partial charge on any atom is 0.225 e. The van der Waals surface area contributed by atoms with Crippen molar-refractivity contribution in [2.45, 2.75) is 25.3 Å². The molecule has 0 radical (unpaired) electrons. The Morgan fingerprint density at radius 3 is 2.45 bits per heavy atom. The quantitative estimate of drug-likeness (QED) is 0.887. The molecule has 2 aliphatic rings. The SMILES string of the molecule is c1cnc(N2CC[NH+]([C@@H]3CCc4ccccc4C3)CC2)nc1. The number of benzene rings is 1. The Labute approximate surface area is 131 Å². The normalized spacial score (nSPS) is 22.4. The van der Waals surface area contributed by atoms with E-state index in [2.05, 4.69) is 39.1 Å². The monoisotopic (exact) mass is 295 g/mol. The molecule has 1 aliphatic heterocycles. The maximum atomic E-state index is 4.38. The Hall–Kier alpha value is -1.94. The van der Waals surface area contributed by atoms with Crippen LogP contribution in [-0.2, 0) is 12.8 Å². The summed E-state index contributed by atoms with van der Waals surface area (Å²) in [5.41, 5.74) is 3.13. The van der Waals surface area contributed by atoms with Gasteiger partial charge >= 0.3 is 0 Å². The molecule has 0 spiro atoms. The Balaban J connectivity index is 1.38. The first-order valence-corrected chi connectivity index (χ1v) is 8.33. The van der Waals surface area contributed by atoms with Gasteiger partial charge in [0.15, 0.2) is 0 Å². The van der Waals surface area contributed by atoms with Crippen molar-refractivity contribution < 1.29 is 4.90 Å². The van der Waals surface area contributed by atoms with Crippen molar-refractivity contribution in [1.29, 1.82) is 0 Å². The number of hydrogen-bond acceptors (Lipinski definition) is 3. The van der Waals surface area contributed by atoms with Crippen molar-refractivity contribution in [3.63, 3.8) is 0 Å². The minimum Gasteiger partial charge on any atom is -0.330 e. The predicted octanol–water partition coefficient (Wildman–Crippen LogP) is 0.739. The van der Waals surface area contributed by atoms with Crippen molar-refractivity contribution >= 4 is 5.95 Å². The number of anilines is 1. The van der Waals surface area contributed by atoms with Crippen LogP contribution >= 0.6 is 0 Å². The van der Waals surface area contributed by atoms with Gasteiger partial charge in [0.05, 0.1) is 32.2 Å². The molecule has 4 rings (SSSR count). The van der Waals surface area contributed by atoms with Crippen LogP contribution in [0.5, 0.6) is 0 Å². The van der Waals surface area contributed by atoms with Crippen LogP contribution in [0.25, 0.3) is 0 Å². The highest BCUT2D eigenvalue weighted by Gasteiger charge is 2.30. The van der Waals surface area contributed by atoms with E-state index < -0.39 is 0 Å². The summed E-state index contributed by atoms with van der Waals surface area (Å²) < 4.78 is 0. The molecule has 4 heteroatoms. The average Bonchev–Trinajstić information content (AvgIpc) is 2.62. The number of piperazine rings is 1. The van der Waals surface area contributed by atoms with Gasteiger partial charge < -0.3 is 9.80 Å². The minimum absolute atomic E-state index is 0.786. The minimum atomic E-state index is 0.786. The average molecular weight is 295 g/mol. The zero-order chi connectivity index (χ0) is 14.8. The topological polar surface area (TPSA) is 33.5 Å². The van der Waals surface area contributed by atoms with Crippen LogP contribution in [0, 0.1) is 0 Å². The fourth-order valence-electron chi connectivity index (χ4n) is 3.90. The molecule has 1 saturated heterocycles. The van der Waals surface area contributed by atoms with Gasteiger partial charge in [-0.1, -0.05) is 24.3 Å². The van der Waals surface area contributed by atoms with Crippen LogP contribution in [0.4, 0.5) is 5.95 Å².